The van der Waals surface area contributed by atoms with Gasteiger partial charge in [0.2, 0.25) is 5.91 Å². The molecule has 0 bridgehead atoms. The summed E-state index contributed by atoms with van der Waals surface area (Å²) in [4.78, 5) is 28.1. The first-order valence-corrected chi connectivity index (χ1v) is 8.80. The van der Waals surface area contributed by atoms with Crippen LogP contribution >= 0.6 is 0 Å². The number of piperazine rings is 1. The molecule has 2 aromatic rings. The molecule has 2 amide bonds. The second kappa shape index (κ2) is 8.73. The summed E-state index contributed by atoms with van der Waals surface area (Å²) in [6, 6.07) is 11.8. The van der Waals surface area contributed by atoms with Gasteiger partial charge in [0.25, 0.3) is 5.91 Å². The Morgan fingerprint density at radius 2 is 1.59 bits per heavy atom. The number of halogens is 2. The molecule has 0 spiro atoms. The second-order valence-electron chi connectivity index (χ2n) is 6.44. The molecule has 5 nitrogen and oxygen atoms in total. The summed E-state index contributed by atoms with van der Waals surface area (Å²) in [6.07, 6.45) is 0. The lowest BCUT2D eigenvalue weighted by Gasteiger charge is -2.34. The van der Waals surface area contributed by atoms with E-state index in [1.54, 1.807) is 23.1 Å². The first kappa shape index (κ1) is 19.0. The number of amides is 2. The number of carbonyl (C=O) groups is 2. The molecule has 0 unspecified atom stereocenters. The smallest absolute Gasteiger partial charge is 0.253 e. The molecule has 2 aromatic carbocycles. The Morgan fingerprint density at radius 3 is 2.26 bits per heavy atom. The average Bonchev–Trinajstić information content (AvgIpc) is 2.68. The highest BCUT2D eigenvalue weighted by molar-refractivity contribution is 5.94. The molecule has 0 aliphatic carbocycles. The number of nitrogens with zero attached hydrogens (tertiary/aromatic N) is 2. The molecule has 1 N–H and O–H groups in total. The summed E-state index contributed by atoms with van der Waals surface area (Å²) in [5.41, 5.74) is 0.896. The van der Waals surface area contributed by atoms with Crippen molar-refractivity contribution >= 4 is 11.8 Å². The van der Waals surface area contributed by atoms with Gasteiger partial charge in [0, 0.05) is 43.9 Å². The third-order valence-corrected chi connectivity index (χ3v) is 4.55. The predicted octanol–water partition coefficient (Wildman–Crippen LogP) is 2.04. The number of nitrogens with one attached hydrogen (secondary N) is 1. The van der Waals surface area contributed by atoms with E-state index in [2.05, 4.69) is 5.32 Å². The Balaban J connectivity index is 1.43. The van der Waals surface area contributed by atoms with E-state index in [4.69, 9.17) is 0 Å². The molecule has 1 aliphatic rings. The van der Waals surface area contributed by atoms with Crippen LogP contribution in [0.1, 0.15) is 15.9 Å². The standard InChI is InChI=1S/C20H21F2N3O2/c21-17-7-5-15(6-8-17)20(27)25-11-9-24(10-12-25)14-19(26)23-13-16-3-1-2-4-18(16)22/h1-8H,9-14H2,(H,23,26). The summed E-state index contributed by atoms with van der Waals surface area (Å²) in [5.74, 6) is -1.04. The molecule has 1 fully saturated rings. The predicted molar refractivity (Wildman–Crippen MR) is 97.0 cm³/mol. The summed E-state index contributed by atoms with van der Waals surface area (Å²) >= 11 is 0. The first-order valence-electron chi connectivity index (χ1n) is 8.80. The summed E-state index contributed by atoms with van der Waals surface area (Å²) < 4.78 is 26.5. The lowest BCUT2D eigenvalue weighted by molar-refractivity contribution is -0.122. The lowest BCUT2D eigenvalue weighted by Crippen LogP contribution is -2.51. The van der Waals surface area contributed by atoms with Gasteiger partial charge in [-0.25, -0.2) is 8.78 Å². The first-order chi connectivity index (χ1) is 13.0. The summed E-state index contributed by atoms with van der Waals surface area (Å²) in [5, 5.41) is 2.72. The molecule has 27 heavy (non-hydrogen) atoms. The Labute approximate surface area is 156 Å². The van der Waals surface area contributed by atoms with E-state index in [9.17, 15) is 18.4 Å². The fourth-order valence-electron chi connectivity index (χ4n) is 2.98. The minimum absolute atomic E-state index is 0.140. The van der Waals surface area contributed by atoms with Crippen LogP contribution in [0.2, 0.25) is 0 Å². The van der Waals surface area contributed by atoms with Crippen molar-refractivity contribution in [1.82, 2.24) is 15.1 Å². The molecule has 1 saturated heterocycles. The van der Waals surface area contributed by atoms with Gasteiger partial charge in [0.15, 0.2) is 0 Å². The molecule has 142 valence electrons. The topological polar surface area (TPSA) is 52.7 Å². The van der Waals surface area contributed by atoms with Crippen LogP contribution in [-0.4, -0.2) is 54.3 Å². The normalized spacial score (nSPS) is 14.8. The third-order valence-electron chi connectivity index (χ3n) is 4.55. The van der Waals surface area contributed by atoms with Crippen molar-refractivity contribution < 1.29 is 18.4 Å². The molecule has 0 aromatic heterocycles. The molecule has 3 rings (SSSR count). The largest absolute Gasteiger partial charge is 0.351 e. The van der Waals surface area contributed by atoms with E-state index in [1.807, 2.05) is 4.90 Å². The van der Waals surface area contributed by atoms with Crippen molar-refractivity contribution in [3.63, 3.8) is 0 Å². The Bertz CT molecular complexity index is 803. The molecule has 1 aliphatic heterocycles. The molecular weight excluding hydrogens is 352 g/mol. The maximum atomic E-state index is 13.6. The van der Waals surface area contributed by atoms with Crippen molar-refractivity contribution in [2.75, 3.05) is 32.7 Å². The monoisotopic (exact) mass is 373 g/mol. The van der Waals surface area contributed by atoms with E-state index in [0.717, 1.165) is 0 Å². The second-order valence-corrected chi connectivity index (χ2v) is 6.44. The van der Waals surface area contributed by atoms with E-state index < -0.39 is 0 Å². The van der Waals surface area contributed by atoms with Crippen LogP contribution in [0.4, 0.5) is 8.78 Å². The molecule has 1 heterocycles. The van der Waals surface area contributed by atoms with Crippen LogP contribution in [0.5, 0.6) is 0 Å². The van der Waals surface area contributed by atoms with Crippen LogP contribution in [0, 0.1) is 11.6 Å². The van der Waals surface area contributed by atoms with Gasteiger partial charge in [-0.3, -0.25) is 14.5 Å². The number of hydrogen-bond donors (Lipinski definition) is 1. The Morgan fingerprint density at radius 1 is 0.926 bits per heavy atom. The van der Waals surface area contributed by atoms with Crippen molar-refractivity contribution in [3.8, 4) is 0 Å². The minimum atomic E-state index is -0.377. The number of rotatable bonds is 5. The molecule has 0 atom stereocenters. The zero-order valence-electron chi connectivity index (χ0n) is 14.8. The maximum absolute atomic E-state index is 13.6. The van der Waals surface area contributed by atoms with Crippen LogP contribution in [0.3, 0.4) is 0 Å². The number of benzene rings is 2. The number of hydrogen-bond acceptors (Lipinski definition) is 3. The summed E-state index contributed by atoms with van der Waals surface area (Å²) in [6.45, 7) is 2.48. The van der Waals surface area contributed by atoms with E-state index in [0.29, 0.717) is 37.3 Å². The van der Waals surface area contributed by atoms with Gasteiger partial charge < -0.3 is 10.2 Å². The quantitative estimate of drug-likeness (QED) is 0.873. The van der Waals surface area contributed by atoms with Gasteiger partial charge in [0.05, 0.1) is 6.54 Å². The van der Waals surface area contributed by atoms with Gasteiger partial charge in [-0.2, -0.15) is 0 Å². The number of carbonyl (C=O) groups excluding carboxylic acids is 2. The van der Waals surface area contributed by atoms with E-state index in [-0.39, 0.29) is 36.5 Å². The maximum Gasteiger partial charge on any atom is 0.253 e. The Hall–Kier alpha value is -2.80. The average molecular weight is 373 g/mol. The SMILES string of the molecule is O=C(CN1CCN(C(=O)c2ccc(F)cc2)CC1)NCc1ccccc1F. The highest BCUT2D eigenvalue weighted by atomic mass is 19.1. The zero-order valence-corrected chi connectivity index (χ0v) is 14.8. The fourth-order valence-corrected chi connectivity index (χ4v) is 2.98. The van der Waals surface area contributed by atoms with Crippen molar-refractivity contribution in [1.29, 1.82) is 0 Å². The van der Waals surface area contributed by atoms with Crippen molar-refractivity contribution in [3.05, 3.63) is 71.3 Å². The van der Waals surface area contributed by atoms with Crippen molar-refractivity contribution in [2.24, 2.45) is 0 Å². The highest BCUT2D eigenvalue weighted by Gasteiger charge is 2.23. The van der Waals surface area contributed by atoms with Gasteiger partial charge in [0.1, 0.15) is 11.6 Å². The van der Waals surface area contributed by atoms with Crippen molar-refractivity contribution in [2.45, 2.75) is 6.54 Å². The van der Waals surface area contributed by atoms with Gasteiger partial charge in [-0.15, -0.1) is 0 Å². The van der Waals surface area contributed by atoms with Crippen LogP contribution < -0.4 is 5.32 Å². The van der Waals surface area contributed by atoms with E-state index in [1.165, 1.54) is 30.3 Å². The van der Waals surface area contributed by atoms with Gasteiger partial charge in [-0.1, -0.05) is 18.2 Å². The van der Waals surface area contributed by atoms with E-state index >= 15 is 0 Å². The van der Waals surface area contributed by atoms with Crippen LogP contribution in [0.25, 0.3) is 0 Å². The molecule has 0 saturated carbocycles. The molecule has 0 radical (unpaired) electrons. The fraction of sp³-hybridized carbons (Fsp3) is 0.300. The third kappa shape index (κ3) is 5.10. The van der Waals surface area contributed by atoms with Crippen LogP contribution in [0.15, 0.2) is 48.5 Å². The Kier molecular flexibility index (Phi) is 6.13. The molecule has 7 heteroatoms. The lowest BCUT2D eigenvalue weighted by atomic mass is 10.1. The van der Waals surface area contributed by atoms with Crippen LogP contribution in [-0.2, 0) is 11.3 Å². The zero-order chi connectivity index (χ0) is 19.2. The molecular formula is C20H21F2N3O2. The minimum Gasteiger partial charge on any atom is -0.351 e. The van der Waals surface area contributed by atoms with Gasteiger partial charge >= 0.3 is 0 Å². The highest BCUT2D eigenvalue weighted by Crippen LogP contribution is 2.10. The summed E-state index contributed by atoms with van der Waals surface area (Å²) in [7, 11) is 0. The van der Waals surface area contributed by atoms with Gasteiger partial charge in [-0.05, 0) is 30.3 Å².